The third kappa shape index (κ3) is 3.64. The fraction of sp³-hybridized carbons (Fsp3) is 0.111. The van der Waals surface area contributed by atoms with Gasteiger partial charge in [-0.1, -0.05) is 34.4 Å². The van der Waals surface area contributed by atoms with Crippen molar-refractivity contribution >= 4 is 40.5 Å². The number of halogens is 2. The van der Waals surface area contributed by atoms with E-state index in [1.807, 2.05) is 0 Å². The number of nitro groups is 1. The Kier molecular flexibility index (Phi) is 5.53. The van der Waals surface area contributed by atoms with Gasteiger partial charge in [0.05, 0.1) is 28.1 Å². The summed E-state index contributed by atoms with van der Waals surface area (Å²) in [6.45, 7) is 1.54. The molecule has 2 aromatic carbocycles. The standard InChI is InChI=1S/C18H13Cl2N3O5/c1-9-15(17(22-28-9)16-11(19)4-3-5-12(16)20)18(24)21-13-7-6-10(27-2)8-14(13)23(25)26/h3-8H,1-2H3,(H,21,24). The van der Waals surface area contributed by atoms with Crippen LogP contribution in [0.5, 0.6) is 5.75 Å². The number of ether oxygens (including phenoxy) is 1. The number of aromatic nitrogens is 1. The third-order valence-corrected chi connectivity index (χ3v) is 4.57. The summed E-state index contributed by atoms with van der Waals surface area (Å²) >= 11 is 12.4. The van der Waals surface area contributed by atoms with Gasteiger partial charge in [-0.2, -0.15) is 0 Å². The van der Waals surface area contributed by atoms with Crippen molar-refractivity contribution < 1.29 is 19.0 Å². The first kappa shape index (κ1) is 19.7. The highest BCUT2D eigenvalue weighted by molar-refractivity contribution is 6.39. The molecule has 1 amide bonds. The van der Waals surface area contributed by atoms with E-state index in [2.05, 4.69) is 10.5 Å². The molecule has 0 saturated heterocycles. The number of carbonyl (C=O) groups is 1. The number of anilines is 1. The molecule has 0 aliphatic heterocycles. The number of nitrogens with one attached hydrogen (secondary N) is 1. The van der Waals surface area contributed by atoms with E-state index in [0.29, 0.717) is 5.56 Å². The van der Waals surface area contributed by atoms with Gasteiger partial charge in [-0.15, -0.1) is 0 Å². The minimum atomic E-state index is -0.655. The van der Waals surface area contributed by atoms with E-state index in [-0.39, 0.29) is 44.2 Å². The summed E-state index contributed by atoms with van der Waals surface area (Å²) in [4.78, 5) is 23.6. The zero-order valence-corrected chi connectivity index (χ0v) is 16.2. The predicted molar refractivity (Wildman–Crippen MR) is 104 cm³/mol. The molecule has 1 aromatic heterocycles. The number of carbonyl (C=O) groups excluding carboxylic acids is 1. The van der Waals surface area contributed by atoms with E-state index < -0.39 is 10.8 Å². The molecule has 1 N–H and O–H groups in total. The van der Waals surface area contributed by atoms with Crippen LogP contribution in [-0.2, 0) is 0 Å². The Morgan fingerprint density at radius 3 is 2.54 bits per heavy atom. The SMILES string of the molecule is COc1ccc(NC(=O)c2c(-c3c(Cl)cccc3Cl)noc2C)c([N+](=O)[O-])c1. The lowest BCUT2D eigenvalue weighted by Gasteiger charge is -2.09. The molecule has 3 aromatic rings. The number of hydrogen-bond donors (Lipinski definition) is 1. The topological polar surface area (TPSA) is 108 Å². The van der Waals surface area contributed by atoms with Gasteiger partial charge in [0.25, 0.3) is 11.6 Å². The normalized spacial score (nSPS) is 10.6. The van der Waals surface area contributed by atoms with Crippen LogP contribution in [0.1, 0.15) is 16.1 Å². The van der Waals surface area contributed by atoms with E-state index in [9.17, 15) is 14.9 Å². The van der Waals surface area contributed by atoms with Gasteiger partial charge in [0.15, 0.2) is 0 Å². The van der Waals surface area contributed by atoms with Gasteiger partial charge >= 0.3 is 0 Å². The first-order chi connectivity index (χ1) is 13.3. The van der Waals surface area contributed by atoms with Crippen LogP contribution in [-0.4, -0.2) is 23.1 Å². The number of rotatable bonds is 5. The summed E-state index contributed by atoms with van der Waals surface area (Å²) in [5.41, 5.74) is 0.214. The Labute approximate surface area is 169 Å². The van der Waals surface area contributed by atoms with Gasteiger partial charge in [-0.25, -0.2) is 0 Å². The van der Waals surface area contributed by atoms with Gasteiger partial charge in [-0.3, -0.25) is 14.9 Å². The number of amides is 1. The Bertz CT molecular complexity index is 1060. The van der Waals surface area contributed by atoms with Crippen LogP contribution in [0, 0.1) is 17.0 Å². The summed E-state index contributed by atoms with van der Waals surface area (Å²) in [7, 11) is 1.39. The highest BCUT2D eigenvalue weighted by Gasteiger charge is 2.26. The minimum absolute atomic E-state index is 0.00685. The maximum Gasteiger partial charge on any atom is 0.296 e. The molecule has 0 spiro atoms. The average molecular weight is 422 g/mol. The lowest BCUT2D eigenvalue weighted by Crippen LogP contribution is -2.14. The molecule has 0 unspecified atom stereocenters. The van der Waals surface area contributed by atoms with Crippen molar-refractivity contribution in [1.29, 1.82) is 0 Å². The second-order valence-corrected chi connectivity index (χ2v) is 6.47. The van der Waals surface area contributed by atoms with Gasteiger partial charge in [0, 0.05) is 5.56 Å². The molecule has 0 atom stereocenters. The lowest BCUT2D eigenvalue weighted by atomic mass is 10.1. The first-order valence-corrected chi connectivity index (χ1v) is 8.63. The first-order valence-electron chi connectivity index (χ1n) is 7.88. The number of hydrogen-bond acceptors (Lipinski definition) is 6. The summed E-state index contributed by atoms with van der Waals surface area (Å²) < 4.78 is 10.1. The van der Waals surface area contributed by atoms with E-state index in [4.69, 9.17) is 32.5 Å². The van der Waals surface area contributed by atoms with Crippen LogP contribution in [0.25, 0.3) is 11.3 Å². The molecule has 3 rings (SSSR count). The molecule has 0 bridgehead atoms. The van der Waals surface area contributed by atoms with E-state index in [1.54, 1.807) is 25.1 Å². The van der Waals surface area contributed by atoms with Crippen LogP contribution in [0.3, 0.4) is 0 Å². The third-order valence-electron chi connectivity index (χ3n) is 3.94. The molecule has 1 heterocycles. The highest BCUT2D eigenvalue weighted by atomic mass is 35.5. The van der Waals surface area contributed by atoms with Crippen LogP contribution in [0.4, 0.5) is 11.4 Å². The molecule has 28 heavy (non-hydrogen) atoms. The largest absolute Gasteiger partial charge is 0.496 e. The monoisotopic (exact) mass is 421 g/mol. The summed E-state index contributed by atoms with van der Waals surface area (Å²) in [5, 5.41) is 18.3. The lowest BCUT2D eigenvalue weighted by molar-refractivity contribution is -0.384. The maximum absolute atomic E-state index is 12.9. The van der Waals surface area contributed by atoms with Crippen LogP contribution in [0.15, 0.2) is 40.9 Å². The molecule has 144 valence electrons. The number of nitro benzene ring substituents is 1. The molecule has 0 aliphatic carbocycles. The number of nitrogens with zero attached hydrogens (tertiary/aromatic N) is 2. The van der Waals surface area contributed by atoms with Crippen molar-refractivity contribution in [3.8, 4) is 17.0 Å². The van der Waals surface area contributed by atoms with Crippen LogP contribution < -0.4 is 10.1 Å². The van der Waals surface area contributed by atoms with Crippen molar-refractivity contribution in [2.75, 3.05) is 12.4 Å². The second-order valence-electron chi connectivity index (χ2n) is 5.65. The molecule has 8 nitrogen and oxygen atoms in total. The van der Waals surface area contributed by atoms with Gasteiger partial charge in [0.1, 0.15) is 28.5 Å². The Hall–Kier alpha value is -3.10. The van der Waals surface area contributed by atoms with Crippen molar-refractivity contribution in [3.63, 3.8) is 0 Å². The van der Waals surface area contributed by atoms with Crippen LogP contribution in [0.2, 0.25) is 10.0 Å². The minimum Gasteiger partial charge on any atom is -0.496 e. The smallest absolute Gasteiger partial charge is 0.296 e. The summed E-state index contributed by atoms with van der Waals surface area (Å²) in [6.07, 6.45) is 0. The Balaban J connectivity index is 2.04. The molecule has 10 heteroatoms. The highest BCUT2D eigenvalue weighted by Crippen LogP contribution is 2.37. The Morgan fingerprint density at radius 1 is 1.25 bits per heavy atom. The van der Waals surface area contributed by atoms with Crippen molar-refractivity contribution in [2.24, 2.45) is 0 Å². The van der Waals surface area contributed by atoms with Gasteiger partial charge in [-0.05, 0) is 31.2 Å². The van der Waals surface area contributed by atoms with E-state index >= 15 is 0 Å². The number of methoxy groups -OCH3 is 1. The fourth-order valence-electron chi connectivity index (χ4n) is 2.61. The maximum atomic E-state index is 12.9. The zero-order valence-electron chi connectivity index (χ0n) is 14.7. The molecular formula is C18H13Cl2N3O5. The van der Waals surface area contributed by atoms with Gasteiger partial charge < -0.3 is 14.6 Å². The van der Waals surface area contributed by atoms with Gasteiger partial charge in [0.2, 0.25) is 0 Å². The number of benzene rings is 2. The van der Waals surface area contributed by atoms with Crippen LogP contribution >= 0.6 is 23.2 Å². The average Bonchev–Trinajstić information content (AvgIpc) is 3.03. The summed E-state index contributed by atoms with van der Waals surface area (Å²) in [6, 6.07) is 8.93. The van der Waals surface area contributed by atoms with E-state index in [0.717, 1.165) is 0 Å². The quantitative estimate of drug-likeness (QED) is 0.451. The van der Waals surface area contributed by atoms with Crippen molar-refractivity contribution in [3.05, 3.63) is 67.9 Å². The molecule has 0 fully saturated rings. The molecular weight excluding hydrogens is 409 g/mol. The van der Waals surface area contributed by atoms with Crippen molar-refractivity contribution in [1.82, 2.24) is 5.16 Å². The number of aryl methyl sites for hydroxylation is 1. The predicted octanol–water partition coefficient (Wildman–Crippen LogP) is 5.13. The summed E-state index contributed by atoms with van der Waals surface area (Å²) in [5.74, 6) is -0.160. The molecule has 0 aliphatic rings. The fourth-order valence-corrected chi connectivity index (χ4v) is 3.19. The van der Waals surface area contributed by atoms with Crippen molar-refractivity contribution in [2.45, 2.75) is 6.92 Å². The second kappa shape index (κ2) is 7.87. The van der Waals surface area contributed by atoms with E-state index in [1.165, 1.54) is 25.3 Å². The molecule has 0 saturated carbocycles. The Morgan fingerprint density at radius 2 is 1.93 bits per heavy atom. The zero-order chi connectivity index (χ0) is 20.4. The molecule has 0 radical (unpaired) electrons.